The molecule has 5 heteroatoms. The van der Waals surface area contributed by atoms with Crippen molar-refractivity contribution in [1.29, 1.82) is 0 Å². The van der Waals surface area contributed by atoms with E-state index in [1.54, 1.807) is 24.0 Å². The van der Waals surface area contributed by atoms with E-state index in [9.17, 15) is 4.79 Å². The Balaban J connectivity index is 1.70. The highest BCUT2D eigenvalue weighted by Gasteiger charge is 2.17. The summed E-state index contributed by atoms with van der Waals surface area (Å²) in [4.78, 5) is 18.3. The second kappa shape index (κ2) is 7.43. The van der Waals surface area contributed by atoms with Gasteiger partial charge in [-0.3, -0.25) is 4.79 Å². The Morgan fingerprint density at radius 2 is 2.15 bits per heavy atom. The molecule has 2 rings (SSSR count). The van der Waals surface area contributed by atoms with Crippen molar-refractivity contribution >= 4 is 5.82 Å². The molecular weight excluding hydrogens is 252 g/mol. The first-order valence-electron chi connectivity index (χ1n) is 7.64. The van der Waals surface area contributed by atoms with E-state index in [-0.39, 0.29) is 5.56 Å². The van der Waals surface area contributed by atoms with Gasteiger partial charge in [-0.05, 0) is 32.9 Å². The minimum absolute atomic E-state index is 0.0619. The van der Waals surface area contributed by atoms with Gasteiger partial charge in [-0.25, -0.2) is 4.98 Å². The molecule has 1 aliphatic rings. The van der Waals surface area contributed by atoms with Gasteiger partial charge < -0.3 is 14.8 Å². The van der Waals surface area contributed by atoms with Crippen molar-refractivity contribution in [3.8, 4) is 0 Å². The molecule has 0 aromatic carbocycles. The van der Waals surface area contributed by atoms with Gasteiger partial charge in [0.2, 0.25) is 0 Å². The molecule has 0 unspecified atom stereocenters. The summed E-state index contributed by atoms with van der Waals surface area (Å²) in [6.07, 6.45) is 11.2. The lowest BCUT2D eigenvalue weighted by Crippen LogP contribution is -2.35. The van der Waals surface area contributed by atoms with Crippen LogP contribution in [0.3, 0.4) is 0 Å². The number of anilines is 1. The molecule has 0 amide bonds. The summed E-state index contributed by atoms with van der Waals surface area (Å²) >= 11 is 0. The molecule has 1 aromatic rings. The fourth-order valence-electron chi connectivity index (χ4n) is 2.86. The maximum atomic E-state index is 11.8. The van der Waals surface area contributed by atoms with Crippen LogP contribution in [0.1, 0.15) is 38.5 Å². The van der Waals surface area contributed by atoms with Crippen LogP contribution in [-0.4, -0.2) is 40.6 Å². The Morgan fingerprint density at radius 3 is 2.90 bits per heavy atom. The zero-order chi connectivity index (χ0) is 14.4. The van der Waals surface area contributed by atoms with Crippen molar-refractivity contribution in [3.05, 3.63) is 22.7 Å². The molecule has 1 heterocycles. The van der Waals surface area contributed by atoms with Crippen LogP contribution in [0.5, 0.6) is 0 Å². The van der Waals surface area contributed by atoms with Crippen LogP contribution in [0, 0.1) is 0 Å². The highest BCUT2D eigenvalue weighted by molar-refractivity contribution is 5.30. The normalized spacial score (nSPS) is 16.6. The Hall–Kier alpha value is -1.36. The molecule has 1 aliphatic carbocycles. The van der Waals surface area contributed by atoms with Gasteiger partial charge in [0.05, 0.1) is 0 Å². The summed E-state index contributed by atoms with van der Waals surface area (Å²) in [5.41, 5.74) is -0.0619. The van der Waals surface area contributed by atoms with E-state index in [1.165, 1.54) is 32.1 Å². The lowest BCUT2D eigenvalue weighted by molar-refractivity contribution is 0.191. The monoisotopic (exact) mass is 278 g/mol. The number of aryl methyl sites for hydroxylation is 1. The van der Waals surface area contributed by atoms with Gasteiger partial charge in [-0.15, -0.1) is 0 Å². The standard InChI is InChI=1S/C15H26N4O/c1-18(13-7-4-3-5-8-13)11-6-9-16-14-15(20)19(2)12-10-17-14/h10,12-13H,3-9,11H2,1-2H3,(H,16,17). The van der Waals surface area contributed by atoms with Gasteiger partial charge in [0, 0.05) is 32.0 Å². The SMILES string of the molecule is CN(CCCNc1nccn(C)c1=O)C1CCCCC1. The molecule has 5 nitrogen and oxygen atoms in total. The Morgan fingerprint density at radius 1 is 1.40 bits per heavy atom. The van der Waals surface area contributed by atoms with Crippen LogP contribution >= 0.6 is 0 Å². The predicted octanol–water partition coefficient (Wildman–Crippen LogP) is 1.85. The zero-order valence-corrected chi connectivity index (χ0v) is 12.6. The number of hydrogen-bond donors (Lipinski definition) is 1. The summed E-state index contributed by atoms with van der Waals surface area (Å²) < 4.78 is 1.55. The Labute approximate surface area is 121 Å². The first-order chi connectivity index (χ1) is 9.68. The smallest absolute Gasteiger partial charge is 0.293 e. The van der Waals surface area contributed by atoms with Gasteiger partial charge in [0.15, 0.2) is 5.82 Å². The first kappa shape index (κ1) is 15.0. The molecular formula is C15H26N4O. The van der Waals surface area contributed by atoms with E-state index >= 15 is 0 Å². The molecule has 0 bridgehead atoms. The highest BCUT2D eigenvalue weighted by Crippen LogP contribution is 2.21. The molecule has 0 radical (unpaired) electrons. The Bertz CT molecular complexity index is 465. The summed E-state index contributed by atoms with van der Waals surface area (Å²) in [6.45, 7) is 1.87. The van der Waals surface area contributed by atoms with Gasteiger partial charge in [-0.2, -0.15) is 0 Å². The summed E-state index contributed by atoms with van der Waals surface area (Å²) in [5.74, 6) is 0.454. The van der Waals surface area contributed by atoms with Crippen molar-refractivity contribution in [2.24, 2.45) is 7.05 Å². The summed E-state index contributed by atoms with van der Waals surface area (Å²) in [5, 5.41) is 3.14. The largest absolute Gasteiger partial charge is 0.365 e. The molecule has 1 fully saturated rings. The molecule has 1 aromatic heterocycles. The topological polar surface area (TPSA) is 50.2 Å². The molecule has 0 aliphatic heterocycles. The zero-order valence-electron chi connectivity index (χ0n) is 12.6. The van der Waals surface area contributed by atoms with Crippen LogP contribution in [0.15, 0.2) is 17.2 Å². The van der Waals surface area contributed by atoms with E-state index in [2.05, 4.69) is 22.2 Å². The lowest BCUT2D eigenvalue weighted by atomic mass is 9.94. The molecule has 20 heavy (non-hydrogen) atoms. The van der Waals surface area contributed by atoms with Crippen molar-refractivity contribution in [2.45, 2.75) is 44.6 Å². The van der Waals surface area contributed by atoms with E-state index in [0.717, 1.165) is 25.6 Å². The van der Waals surface area contributed by atoms with Crippen LogP contribution in [-0.2, 0) is 7.05 Å². The van der Waals surface area contributed by atoms with E-state index < -0.39 is 0 Å². The van der Waals surface area contributed by atoms with Gasteiger partial charge in [0.1, 0.15) is 0 Å². The molecule has 112 valence electrons. The first-order valence-corrected chi connectivity index (χ1v) is 7.64. The molecule has 0 atom stereocenters. The summed E-state index contributed by atoms with van der Waals surface area (Å²) in [6, 6.07) is 0.756. The van der Waals surface area contributed by atoms with E-state index in [0.29, 0.717) is 5.82 Å². The van der Waals surface area contributed by atoms with Crippen LogP contribution in [0.25, 0.3) is 0 Å². The third-order valence-corrected chi connectivity index (χ3v) is 4.19. The molecule has 0 saturated heterocycles. The van der Waals surface area contributed by atoms with Crippen molar-refractivity contribution < 1.29 is 0 Å². The number of nitrogens with zero attached hydrogens (tertiary/aromatic N) is 3. The number of hydrogen-bond acceptors (Lipinski definition) is 4. The minimum atomic E-state index is -0.0619. The third kappa shape index (κ3) is 4.07. The predicted molar refractivity (Wildman–Crippen MR) is 82.1 cm³/mol. The maximum absolute atomic E-state index is 11.8. The second-order valence-corrected chi connectivity index (χ2v) is 5.74. The lowest BCUT2D eigenvalue weighted by Gasteiger charge is -2.31. The van der Waals surface area contributed by atoms with E-state index in [4.69, 9.17) is 0 Å². The number of rotatable bonds is 6. The van der Waals surface area contributed by atoms with Gasteiger partial charge in [0.25, 0.3) is 5.56 Å². The molecule has 0 spiro atoms. The Kier molecular flexibility index (Phi) is 5.59. The second-order valence-electron chi connectivity index (χ2n) is 5.74. The fourth-order valence-corrected chi connectivity index (χ4v) is 2.86. The highest BCUT2D eigenvalue weighted by atomic mass is 16.1. The summed E-state index contributed by atoms with van der Waals surface area (Å²) in [7, 11) is 3.96. The molecule has 1 N–H and O–H groups in total. The van der Waals surface area contributed by atoms with Gasteiger partial charge >= 0.3 is 0 Å². The third-order valence-electron chi connectivity index (χ3n) is 4.19. The average Bonchev–Trinajstić information content (AvgIpc) is 2.48. The van der Waals surface area contributed by atoms with Crippen LogP contribution in [0.4, 0.5) is 5.82 Å². The van der Waals surface area contributed by atoms with Crippen molar-refractivity contribution in [1.82, 2.24) is 14.5 Å². The van der Waals surface area contributed by atoms with Gasteiger partial charge in [-0.1, -0.05) is 19.3 Å². The molecule has 1 saturated carbocycles. The van der Waals surface area contributed by atoms with Crippen molar-refractivity contribution in [3.63, 3.8) is 0 Å². The number of nitrogens with one attached hydrogen (secondary N) is 1. The van der Waals surface area contributed by atoms with E-state index in [1.807, 2.05) is 0 Å². The van der Waals surface area contributed by atoms with Crippen LogP contribution < -0.4 is 10.9 Å². The fraction of sp³-hybridized carbons (Fsp3) is 0.733. The van der Waals surface area contributed by atoms with Crippen LogP contribution in [0.2, 0.25) is 0 Å². The average molecular weight is 278 g/mol. The van der Waals surface area contributed by atoms with Crippen molar-refractivity contribution in [2.75, 3.05) is 25.5 Å². The minimum Gasteiger partial charge on any atom is -0.365 e. The quantitative estimate of drug-likeness (QED) is 0.807. The number of aromatic nitrogens is 2. The maximum Gasteiger partial charge on any atom is 0.293 e.